The van der Waals surface area contributed by atoms with E-state index in [4.69, 9.17) is 9.84 Å². The van der Waals surface area contributed by atoms with Gasteiger partial charge in [-0.1, -0.05) is 51.5 Å². The van der Waals surface area contributed by atoms with Gasteiger partial charge in [-0.2, -0.15) is 0 Å². The molecule has 0 amide bonds. The van der Waals surface area contributed by atoms with Crippen molar-refractivity contribution in [2.75, 3.05) is 27.7 Å². The van der Waals surface area contributed by atoms with Crippen molar-refractivity contribution in [2.45, 2.75) is 70.8 Å². The summed E-state index contributed by atoms with van der Waals surface area (Å²) >= 11 is 0. The number of hydrogen-bond acceptors (Lipinski definition) is 3. The molecule has 0 aliphatic rings. The van der Waals surface area contributed by atoms with Crippen LogP contribution in [0.5, 0.6) is 0 Å². The number of unbranched alkanes of at least 4 members (excludes halogenated alkanes) is 7. The van der Waals surface area contributed by atoms with E-state index in [9.17, 15) is 9.59 Å². The maximum atomic E-state index is 11.8. The summed E-state index contributed by atoms with van der Waals surface area (Å²) in [4.78, 5) is 22.7. The van der Waals surface area contributed by atoms with Gasteiger partial charge in [0.1, 0.15) is 6.54 Å². The Morgan fingerprint density at radius 1 is 1.04 bits per heavy atom. The van der Waals surface area contributed by atoms with Crippen molar-refractivity contribution in [1.29, 1.82) is 0 Å². The summed E-state index contributed by atoms with van der Waals surface area (Å²) in [5.74, 6) is -1.40. The highest BCUT2D eigenvalue weighted by molar-refractivity contribution is 5.82. The lowest BCUT2D eigenvalue weighted by Gasteiger charge is -2.28. The number of hydrogen-bond donors (Lipinski definition) is 1. The minimum atomic E-state index is -0.951. The molecule has 0 radical (unpaired) electrons. The van der Waals surface area contributed by atoms with E-state index in [1.54, 1.807) is 0 Å². The Labute approximate surface area is 147 Å². The van der Waals surface area contributed by atoms with Crippen LogP contribution < -0.4 is 0 Å². The Morgan fingerprint density at radius 2 is 1.62 bits per heavy atom. The van der Waals surface area contributed by atoms with Crippen LogP contribution in [0.25, 0.3) is 0 Å². The van der Waals surface area contributed by atoms with Crippen LogP contribution in [-0.2, 0) is 14.3 Å². The largest absolute Gasteiger partial charge is 0.481 e. The third kappa shape index (κ3) is 15.5. The highest BCUT2D eigenvalue weighted by Gasteiger charge is 2.23. The molecule has 0 aliphatic carbocycles. The Morgan fingerprint density at radius 3 is 2.17 bits per heavy atom. The molecule has 5 heteroatoms. The number of carbonyl (C=O) groups is 2. The molecule has 0 saturated carbocycles. The second kappa shape index (κ2) is 13.0. The topological polar surface area (TPSA) is 63.6 Å². The molecule has 0 rings (SSSR count). The van der Waals surface area contributed by atoms with Crippen molar-refractivity contribution in [3.05, 3.63) is 12.2 Å². The molecule has 0 aromatic carbocycles. The molecule has 0 aromatic rings. The van der Waals surface area contributed by atoms with Crippen LogP contribution in [0.1, 0.15) is 64.7 Å². The van der Waals surface area contributed by atoms with Crippen LogP contribution in [0.15, 0.2) is 12.2 Å². The molecule has 1 unspecified atom stereocenters. The van der Waals surface area contributed by atoms with Crippen molar-refractivity contribution in [3.63, 3.8) is 0 Å². The van der Waals surface area contributed by atoms with Gasteiger partial charge in [-0.05, 0) is 12.8 Å². The van der Waals surface area contributed by atoms with Crippen LogP contribution >= 0.6 is 0 Å². The fourth-order valence-electron chi connectivity index (χ4n) is 2.55. The van der Waals surface area contributed by atoms with Gasteiger partial charge >= 0.3 is 11.9 Å². The monoisotopic (exact) mass is 342 g/mol. The summed E-state index contributed by atoms with van der Waals surface area (Å²) in [7, 11) is 5.83. The van der Waals surface area contributed by atoms with Gasteiger partial charge in [-0.15, -0.1) is 0 Å². The molecule has 0 spiro atoms. The summed E-state index contributed by atoms with van der Waals surface area (Å²) in [6.07, 6.45) is 12.1. The minimum Gasteiger partial charge on any atom is -0.481 e. The maximum absolute atomic E-state index is 11.8. The number of quaternary nitrogens is 1. The first kappa shape index (κ1) is 22.6. The van der Waals surface area contributed by atoms with E-state index >= 15 is 0 Å². The van der Waals surface area contributed by atoms with E-state index < -0.39 is 18.0 Å². The number of aliphatic carboxylic acids is 1. The average Bonchev–Trinajstić information content (AvgIpc) is 2.42. The van der Waals surface area contributed by atoms with Crippen molar-refractivity contribution in [3.8, 4) is 0 Å². The van der Waals surface area contributed by atoms with E-state index in [1.165, 1.54) is 44.6 Å². The molecule has 140 valence electrons. The fraction of sp³-hybridized carbons (Fsp3) is 0.789. The number of esters is 1. The normalized spacial score (nSPS) is 13.2. The van der Waals surface area contributed by atoms with Crippen LogP contribution in [-0.4, -0.2) is 55.3 Å². The molecule has 1 atom stereocenters. The zero-order chi connectivity index (χ0) is 18.4. The highest BCUT2D eigenvalue weighted by atomic mass is 16.5. The maximum Gasteiger partial charge on any atom is 0.330 e. The minimum absolute atomic E-state index is 0.160. The summed E-state index contributed by atoms with van der Waals surface area (Å²) in [6.45, 7) is 2.69. The van der Waals surface area contributed by atoms with Crippen molar-refractivity contribution in [1.82, 2.24) is 0 Å². The lowest BCUT2D eigenvalue weighted by molar-refractivity contribution is -0.873. The molecule has 24 heavy (non-hydrogen) atoms. The van der Waals surface area contributed by atoms with E-state index in [0.29, 0.717) is 11.0 Å². The molecule has 0 bridgehead atoms. The predicted molar refractivity (Wildman–Crippen MR) is 96.8 cm³/mol. The molecule has 5 nitrogen and oxygen atoms in total. The molecule has 0 heterocycles. The standard InChI is InChI=1S/C19H35NO4/c1-5-6-7-8-9-10-11-12-13-14-19(23)24-17(15-18(21)22)16-20(2,3)4/h13-14,17H,5-12,15-16H2,1-4H3/p+1. The lowest BCUT2D eigenvalue weighted by Crippen LogP contribution is -2.43. The molecule has 0 aromatic heterocycles. The molecule has 0 fully saturated rings. The molecule has 0 saturated heterocycles. The Bertz CT molecular complexity index is 385. The first-order valence-electron chi connectivity index (χ1n) is 9.14. The van der Waals surface area contributed by atoms with Crippen molar-refractivity contribution in [2.24, 2.45) is 0 Å². The summed E-state index contributed by atoms with van der Waals surface area (Å²) in [5.41, 5.74) is 0. The summed E-state index contributed by atoms with van der Waals surface area (Å²) in [6, 6.07) is 0. The van der Waals surface area contributed by atoms with Gasteiger partial charge in [0.05, 0.1) is 27.6 Å². The van der Waals surface area contributed by atoms with E-state index in [-0.39, 0.29) is 6.42 Å². The van der Waals surface area contributed by atoms with Crippen molar-refractivity contribution < 1.29 is 23.9 Å². The number of carbonyl (C=O) groups excluding carboxylic acids is 1. The number of likely N-dealkylation sites (N-methyl/N-ethyl adjacent to an activating group) is 1. The third-order valence-electron chi connectivity index (χ3n) is 3.66. The fourth-order valence-corrected chi connectivity index (χ4v) is 2.55. The summed E-state index contributed by atoms with van der Waals surface area (Å²) in [5, 5.41) is 8.93. The number of carboxylic acids is 1. The smallest absolute Gasteiger partial charge is 0.330 e. The van der Waals surface area contributed by atoms with Gasteiger partial charge in [-0.25, -0.2) is 4.79 Å². The zero-order valence-electron chi connectivity index (χ0n) is 15.9. The summed E-state index contributed by atoms with van der Waals surface area (Å²) < 4.78 is 5.84. The van der Waals surface area contributed by atoms with E-state index in [0.717, 1.165) is 12.8 Å². The molecule has 1 N–H and O–H groups in total. The Hall–Kier alpha value is -1.36. The van der Waals surface area contributed by atoms with Crippen LogP contribution in [0, 0.1) is 0 Å². The number of nitrogens with zero attached hydrogens (tertiary/aromatic N) is 1. The quantitative estimate of drug-likeness (QED) is 0.226. The van der Waals surface area contributed by atoms with E-state index in [2.05, 4.69) is 6.92 Å². The molecule has 0 aliphatic heterocycles. The van der Waals surface area contributed by atoms with Crippen molar-refractivity contribution >= 4 is 11.9 Å². The number of allylic oxidation sites excluding steroid dienone is 1. The molecular weight excluding hydrogens is 306 g/mol. The zero-order valence-corrected chi connectivity index (χ0v) is 15.9. The first-order valence-corrected chi connectivity index (χ1v) is 9.14. The van der Waals surface area contributed by atoms with E-state index in [1.807, 2.05) is 27.2 Å². The third-order valence-corrected chi connectivity index (χ3v) is 3.66. The van der Waals surface area contributed by atoms with Gasteiger partial charge < -0.3 is 14.3 Å². The average molecular weight is 343 g/mol. The van der Waals surface area contributed by atoms with Gasteiger partial charge in [0, 0.05) is 6.08 Å². The lowest BCUT2D eigenvalue weighted by atomic mass is 10.1. The first-order chi connectivity index (χ1) is 11.2. The number of carboxylic acid groups (broad SMARTS) is 1. The van der Waals surface area contributed by atoms with Gasteiger partial charge in [0.25, 0.3) is 0 Å². The second-order valence-electron chi connectivity index (χ2n) is 7.44. The highest BCUT2D eigenvalue weighted by Crippen LogP contribution is 2.09. The second-order valence-corrected chi connectivity index (χ2v) is 7.44. The SMILES string of the molecule is CCCCCCCCCC=CC(=O)OC(CC(=O)O)C[N+](C)(C)C. The van der Waals surface area contributed by atoms with Gasteiger partial charge in [-0.3, -0.25) is 4.79 Å². The van der Waals surface area contributed by atoms with Gasteiger partial charge in [0.2, 0.25) is 0 Å². The predicted octanol–water partition coefficient (Wildman–Crippen LogP) is 3.78. The Balaban J connectivity index is 3.99. The number of rotatable bonds is 14. The van der Waals surface area contributed by atoms with Crippen LogP contribution in [0.2, 0.25) is 0 Å². The number of ether oxygens (including phenoxy) is 1. The van der Waals surface area contributed by atoms with Crippen LogP contribution in [0.4, 0.5) is 0 Å². The van der Waals surface area contributed by atoms with Crippen LogP contribution in [0.3, 0.4) is 0 Å². The molecular formula is C19H36NO4+. The van der Waals surface area contributed by atoms with Gasteiger partial charge in [0.15, 0.2) is 6.10 Å². The Kier molecular flexibility index (Phi) is 12.3.